The van der Waals surface area contributed by atoms with Crippen LogP contribution in [0.4, 0.5) is 5.69 Å². The van der Waals surface area contributed by atoms with Crippen molar-refractivity contribution < 1.29 is 28.4 Å². The number of carbonyl (C=O) groups is 2. The Hall–Kier alpha value is -4.67. The second-order valence-corrected chi connectivity index (χ2v) is 8.46. The monoisotopic (exact) mass is 492 g/mol. The van der Waals surface area contributed by atoms with E-state index >= 15 is 0 Å². The van der Waals surface area contributed by atoms with Gasteiger partial charge < -0.3 is 19.2 Å². The lowest BCUT2D eigenvalue weighted by atomic mass is 10.0. The maximum atomic E-state index is 12.7. The molecular weight excluding hydrogens is 468 g/mol. The zero-order valence-corrected chi connectivity index (χ0v) is 19.8. The molecule has 2 aromatic carbocycles. The number of nitrogens with one attached hydrogen (secondary N) is 2. The number of fused-ring (bicyclic) bond motifs is 1. The number of hydrazone groups is 1. The number of nitro groups is 1. The Balaban J connectivity index is 1.40. The standard InChI is InChI=1S/C25H24N4O7/c1-14(2)23(27-24(30)16-5-8-21-22(10-16)35-13-34-21)25(31)28-26-12-18-7-9-20(36-18)19-11-17(29(32)33)6-4-15(19)3/h4-12,14,23H,13H2,1-3H3,(H,27,30)(H,28,31)/t23-/m1/s1. The van der Waals surface area contributed by atoms with E-state index in [2.05, 4.69) is 15.8 Å². The van der Waals surface area contributed by atoms with Crippen molar-refractivity contribution in [2.24, 2.45) is 11.0 Å². The number of aryl methyl sites for hydroxylation is 1. The molecule has 3 aromatic rings. The number of nitro benzene ring substituents is 1. The molecule has 1 atom stereocenters. The first-order valence-electron chi connectivity index (χ1n) is 11.1. The molecule has 0 saturated carbocycles. The van der Waals surface area contributed by atoms with Crippen molar-refractivity contribution in [3.8, 4) is 22.8 Å². The third-order valence-corrected chi connectivity index (χ3v) is 5.56. The van der Waals surface area contributed by atoms with Gasteiger partial charge in [0.25, 0.3) is 17.5 Å². The first-order chi connectivity index (χ1) is 17.2. The molecule has 1 aliphatic rings. The Bertz CT molecular complexity index is 1350. The zero-order chi connectivity index (χ0) is 25.8. The maximum absolute atomic E-state index is 12.7. The summed E-state index contributed by atoms with van der Waals surface area (Å²) < 4.78 is 16.3. The highest BCUT2D eigenvalue weighted by Crippen LogP contribution is 2.32. The highest BCUT2D eigenvalue weighted by atomic mass is 16.7. The van der Waals surface area contributed by atoms with Crippen LogP contribution in [0.1, 0.15) is 35.5 Å². The van der Waals surface area contributed by atoms with Crippen LogP contribution in [0.2, 0.25) is 0 Å². The summed E-state index contributed by atoms with van der Waals surface area (Å²) in [5.41, 5.74) is 4.10. The number of hydrogen-bond acceptors (Lipinski definition) is 8. The van der Waals surface area contributed by atoms with Gasteiger partial charge in [0.05, 0.1) is 11.1 Å². The Kier molecular flexibility index (Phi) is 7.00. The fraction of sp³-hybridized carbons (Fsp3) is 0.240. The number of non-ortho nitro benzene ring substituents is 1. The molecule has 0 radical (unpaired) electrons. The molecule has 2 N–H and O–H groups in total. The molecule has 0 unspecified atom stereocenters. The summed E-state index contributed by atoms with van der Waals surface area (Å²) in [6, 6.07) is 11.7. The maximum Gasteiger partial charge on any atom is 0.270 e. The number of benzene rings is 2. The lowest BCUT2D eigenvalue weighted by Crippen LogP contribution is -2.48. The van der Waals surface area contributed by atoms with Crippen LogP contribution >= 0.6 is 0 Å². The quantitative estimate of drug-likeness (QED) is 0.276. The smallest absolute Gasteiger partial charge is 0.270 e. The molecule has 36 heavy (non-hydrogen) atoms. The molecule has 0 fully saturated rings. The molecule has 1 aliphatic heterocycles. The summed E-state index contributed by atoms with van der Waals surface area (Å²) >= 11 is 0. The first-order valence-corrected chi connectivity index (χ1v) is 11.1. The van der Waals surface area contributed by atoms with E-state index in [1.54, 1.807) is 50.2 Å². The van der Waals surface area contributed by atoms with Gasteiger partial charge in [0.2, 0.25) is 6.79 Å². The van der Waals surface area contributed by atoms with E-state index < -0.39 is 22.8 Å². The Morgan fingerprint density at radius 2 is 1.86 bits per heavy atom. The number of rotatable bonds is 8. The van der Waals surface area contributed by atoms with Crippen LogP contribution in [0.3, 0.4) is 0 Å². The number of furan rings is 1. The summed E-state index contributed by atoms with van der Waals surface area (Å²) in [7, 11) is 0. The second kappa shape index (κ2) is 10.3. The summed E-state index contributed by atoms with van der Waals surface area (Å²) in [6.45, 7) is 5.51. The van der Waals surface area contributed by atoms with Crippen molar-refractivity contribution >= 4 is 23.7 Å². The van der Waals surface area contributed by atoms with Crippen LogP contribution < -0.4 is 20.2 Å². The van der Waals surface area contributed by atoms with E-state index in [9.17, 15) is 19.7 Å². The van der Waals surface area contributed by atoms with Gasteiger partial charge in [-0.15, -0.1) is 0 Å². The van der Waals surface area contributed by atoms with E-state index in [0.29, 0.717) is 34.1 Å². The number of amides is 2. The van der Waals surface area contributed by atoms with E-state index in [-0.39, 0.29) is 18.4 Å². The van der Waals surface area contributed by atoms with Gasteiger partial charge in [-0.1, -0.05) is 19.9 Å². The SMILES string of the molecule is Cc1ccc([N+](=O)[O-])cc1-c1ccc(C=NNC(=O)[C@H](NC(=O)c2ccc3c(c2)OCO3)C(C)C)o1. The van der Waals surface area contributed by atoms with Crippen LogP contribution in [-0.4, -0.2) is 35.8 Å². The van der Waals surface area contributed by atoms with Crippen LogP contribution in [0.5, 0.6) is 11.5 Å². The Labute approximate surface area is 206 Å². The van der Waals surface area contributed by atoms with E-state index in [0.717, 1.165) is 5.56 Å². The normalized spacial score (nSPS) is 13.1. The van der Waals surface area contributed by atoms with E-state index in [1.807, 2.05) is 6.92 Å². The van der Waals surface area contributed by atoms with Gasteiger partial charge in [0.15, 0.2) is 11.5 Å². The average molecular weight is 492 g/mol. The van der Waals surface area contributed by atoms with Gasteiger partial charge in [0.1, 0.15) is 17.6 Å². The largest absolute Gasteiger partial charge is 0.455 e. The molecule has 2 heterocycles. The Morgan fingerprint density at radius 3 is 2.61 bits per heavy atom. The van der Waals surface area contributed by atoms with Gasteiger partial charge in [-0.25, -0.2) is 5.43 Å². The fourth-order valence-electron chi connectivity index (χ4n) is 3.58. The molecule has 0 saturated heterocycles. The molecule has 2 amide bonds. The molecule has 186 valence electrons. The fourth-order valence-corrected chi connectivity index (χ4v) is 3.58. The molecule has 0 aliphatic carbocycles. The molecule has 0 spiro atoms. The zero-order valence-electron chi connectivity index (χ0n) is 19.8. The second-order valence-electron chi connectivity index (χ2n) is 8.46. The molecule has 11 heteroatoms. The van der Waals surface area contributed by atoms with Crippen LogP contribution in [0, 0.1) is 23.0 Å². The summed E-state index contributed by atoms with van der Waals surface area (Å²) in [5.74, 6) is 0.634. The number of nitrogens with zero attached hydrogens (tertiary/aromatic N) is 2. The van der Waals surface area contributed by atoms with Gasteiger partial charge in [-0.3, -0.25) is 19.7 Å². The average Bonchev–Trinajstić information content (AvgIpc) is 3.51. The Morgan fingerprint density at radius 1 is 1.08 bits per heavy atom. The summed E-state index contributed by atoms with van der Waals surface area (Å²) in [5, 5.41) is 17.7. The lowest BCUT2D eigenvalue weighted by Gasteiger charge is -2.20. The van der Waals surface area contributed by atoms with Crippen molar-refractivity contribution in [2.75, 3.05) is 6.79 Å². The van der Waals surface area contributed by atoms with Crippen LogP contribution in [-0.2, 0) is 4.79 Å². The number of hydrogen-bond donors (Lipinski definition) is 2. The van der Waals surface area contributed by atoms with E-state index in [4.69, 9.17) is 13.9 Å². The molecule has 11 nitrogen and oxygen atoms in total. The van der Waals surface area contributed by atoms with Crippen molar-refractivity contribution in [2.45, 2.75) is 26.8 Å². The van der Waals surface area contributed by atoms with Crippen molar-refractivity contribution in [1.29, 1.82) is 0 Å². The highest BCUT2D eigenvalue weighted by Gasteiger charge is 2.25. The van der Waals surface area contributed by atoms with E-state index in [1.165, 1.54) is 18.3 Å². The van der Waals surface area contributed by atoms with Crippen LogP contribution in [0.25, 0.3) is 11.3 Å². The van der Waals surface area contributed by atoms with Crippen LogP contribution in [0.15, 0.2) is 58.0 Å². The number of ether oxygens (including phenoxy) is 2. The van der Waals surface area contributed by atoms with Crippen molar-refractivity contribution in [1.82, 2.24) is 10.7 Å². The number of carbonyl (C=O) groups excluding carboxylic acids is 2. The minimum absolute atomic E-state index is 0.0444. The van der Waals surface area contributed by atoms with Gasteiger partial charge in [0, 0.05) is 23.3 Å². The minimum atomic E-state index is -0.847. The van der Waals surface area contributed by atoms with Gasteiger partial charge >= 0.3 is 0 Å². The van der Waals surface area contributed by atoms with Gasteiger partial charge in [-0.05, 0) is 48.7 Å². The predicted molar refractivity (Wildman–Crippen MR) is 130 cm³/mol. The van der Waals surface area contributed by atoms with Gasteiger partial charge in [-0.2, -0.15) is 5.10 Å². The van der Waals surface area contributed by atoms with Crippen molar-refractivity contribution in [3.63, 3.8) is 0 Å². The first kappa shape index (κ1) is 24.5. The predicted octanol–water partition coefficient (Wildman–Crippen LogP) is 3.80. The lowest BCUT2D eigenvalue weighted by molar-refractivity contribution is -0.384. The molecule has 1 aromatic heterocycles. The third kappa shape index (κ3) is 5.35. The molecular formula is C25H24N4O7. The minimum Gasteiger partial charge on any atom is -0.455 e. The summed E-state index contributed by atoms with van der Waals surface area (Å²) in [6.07, 6.45) is 1.31. The molecule has 4 rings (SSSR count). The third-order valence-electron chi connectivity index (χ3n) is 5.56. The highest BCUT2D eigenvalue weighted by molar-refractivity contribution is 5.98. The molecule has 0 bridgehead atoms. The topological polar surface area (TPSA) is 145 Å². The summed E-state index contributed by atoms with van der Waals surface area (Å²) in [4.78, 5) is 36.0. The van der Waals surface area contributed by atoms with Crippen molar-refractivity contribution in [3.05, 3.63) is 75.5 Å².